The van der Waals surface area contributed by atoms with Crippen LogP contribution in [-0.4, -0.2) is 57.3 Å². The number of benzene rings is 1. The lowest BCUT2D eigenvalue weighted by Gasteiger charge is -2.30. The molecule has 31 heavy (non-hydrogen) atoms. The second-order valence-electron chi connectivity index (χ2n) is 8.76. The van der Waals surface area contributed by atoms with Gasteiger partial charge in [0.15, 0.2) is 0 Å². The predicted octanol–water partition coefficient (Wildman–Crippen LogP) is 2.91. The first kappa shape index (κ1) is 23.7. The molecule has 2 heterocycles. The Morgan fingerprint density at radius 3 is 2.71 bits per heavy atom. The third-order valence-corrected chi connectivity index (χ3v) is 7.56. The van der Waals surface area contributed by atoms with E-state index in [0.717, 1.165) is 38.1 Å². The van der Waals surface area contributed by atoms with Crippen LogP contribution in [0.1, 0.15) is 64.4 Å². The number of likely N-dealkylation sites (tertiary alicyclic amines) is 1. The SMILES string of the molecule is CCCC[C@@H](N=C1NS(=O)(=O)c2ccccc21)C(=O)NCCCCN1CCC(C)CC1. The number of hydrogen-bond donors (Lipinski definition) is 2. The van der Waals surface area contributed by atoms with Crippen molar-refractivity contribution >= 4 is 21.8 Å². The van der Waals surface area contributed by atoms with E-state index in [4.69, 9.17) is 0 Å². The summed E-state index contributed by atoms with van der Waals surface area (Å²) in [7, 11) is -3.60. The Morgan fingerprint density at radius 2 is 1.97 bits per heavy atom. The minimum atomic E-state index is -3.60. The third-order valence-electron chi connectivity index (χ3n) is 6.16. The lowest BCUT2D eigenvalue weighted by atomic mass is 9.99. The van der Waals surface area contributed by atoms with Gasteiger partial charge in [-0.25, -0.2) is 8.42 Å². The van der Waals surface area contributed by atoms with E-state index < -0.39 is 16.1 Å². The molecule has 1 aromatic carbocycles. The molecule has 0 spiro atoms. The fourth-order valence-electron chi connectivity index (χ4n) is 4.11. The fraction of sp³-hybridized carbons (Fsp3) is 0.652. The highest BCUT2D eigenvalue weighted by atomic mass is 32.2. The maximum Gasteiger partial charge on any atom is 0.263 e. The van der Waals surface area contributed by atoms with Crippen molar-refractivity contribution in [1.29, 1.82) is 0 Å². The minimum absolute atomic E-state index is 0.128. The van der Waals surface area contributed by atoms with Gasteiger partial charge in [0, 0.05) is 12.1 Å². The first-order valence-electron chi connectivity index (χ1n) is 11.6. The molecule has 0 radical (unpaired) electrons. The number of carbonyl (C=O) groups is 1. The topological polar surface area (TPSA) is 90.9 Å². The molecule has 1 amide bonds. The molecule has 3 rings (SSSR count). The lowest BCUT2D eigenvalue weighted by molar-refractivity contribution is -0.122. The van der Waals surface area contributed by atoms with E-state index in [0.29, 0.717) is 18.5 Å². The summed E-state index contributed by atoms with van der Waals surface area (Å²) in [4.78, 5) is 20.1. The normalized spacial score (nSPS) is 20.9. The van der Waals surface area contributed by atoms with Crippen LogP contribution < -0.4 is 10.0 Å². The van der Waals surface area contributed by atoms with Crippen LogP contribution >= 0.6 is 0 Å². The van der Waals surface area contributed by atoms with Gasteiger partial charge in [-0.3, -0.25) is 14.5 Å². The molecule has 172 valence electrons. The number of unbranched alkanes of at least 4 members (excludes halogenated alkanes) is 2. The molecule has 0 aliphatic carbocycles. The van der Waals surface area contributed by atoms with Crippen LogP contribution in [0.25, 0.3) is 0 Å². The first-order valence-corrected chi connectivity index (χ1v) is 13.1. The molecule has 0 bridgehead atoms. The molecule has 2 aliphatic heterocycles. The van der Waals surface area contributed by atoms with Crippen LogP contribution in [0, 0.1) is 5.92 Å². The molecule has 8 heteroatoms. The van der Waals surface area contributed by atoms with E-state index >= 15 is 0 Å². The van der Waals surface area contributed by atoms with E-state index in [1.54, 1.807) is 24.3 Å². The van der Waals surface area contributed by atoms with Crippen LogP contribution in [0.2, 0.25) is 0 Å². The van der Waals surface area contributed by atoms with E-state index in [1.807, 2.05) is 0 Å². The number of sulfonamides is 1. The fourth-order valence-corrected chi connectivity index (χ4v) is 5.35. The smallest absolute Gasteiger partial charge is 0.263 e. The molecular weight excluding hydrogens is 412 g/mol. The number of rotatable bonds is 10. The van der Waals surface area contributed by atoms with Crippen molar-refractivity contribution in [3.05, 3.63) is 29.8 Å². The van der Waals surface area contributed by atoms with Gasteiger partial charge in [0.2, 0.25) is 5.91 Å². The summed E-state index contributed by atoms with van der Waals surface area (Å²) in [5.41, 5.74) is 0.535. The van der Waals surface area contributed by atoms with Crippen molar-refractivity contribution in [2.45, 2.75) is 69.7 Å². The van der Waals surface area contributed by atoms with Gasteiger partial charge in [0.1, 0.15) is 11.9 Å². The molecule has 1 atom stereocenters. The number of fused-ring (bicyclic) bond motifs is 1. The number of aliphatic imine (C=N–C) groups is 1. The Hall–Kier alpha value is -1.93. The summed E-state index contributed by atoms with van der Waals surface area (Å²) < 4.78 is 27.2. The number of amidine groups is 1. The summed E-state index contributed by atoms with van der Waals surface area (Å²) in [5.74, 6) is 0.982. The maximum atomic E-state index is 12.8. The molecule has 0 aromatic heterocycles. The third kappa shape index (κ3) is 6.53. The minimum Gasteiger partial charge on any atom is -0.354 e. The Labute approximate surface area is 186 Å². The van der Waals surface area contributed by atoms with Gasteiger partial charge in [-0.15, -0.1) is 0 Å². The molecule has 7 nitrogen and oxygen atoms in total. The van der Waals surface area contributed by atoms with Gasteiger partial charge in [0.05, 0.1) is 4.90 Å². The van der Waals surface area contributed by atoms with Crippen molar-refractivity contribution in [2.24, 2.45) is 10.9 Å². The summed E-state index contributed by atoms with van der Waals surface area (Å²) in [5, 5.41) is 3.01. The summed E-state index contributed by atoms with van der Waals surface area (Å²) in [6, 6.07) is 6.16. The van der Waals surface area contributed by atoms with Crippen LogP contribution in [0.5, 0.6) is 0 Å². The molecule has 1 aromatic rings. The van der Waals surface area contributed by atoms with Gasteiger partial charge >= 0.3 is 0 Å². The monoisotopic (exact) mass is 448 g/mol. The highest BCUT2D eigenvalue weighted by molar-refractivity contribution is 7.90. The zero-order valence-electron chi connectivity index (χ0n) is 18.8. The summed E-state index contributed by atoms with van der Waals surface area (Å²) in [6.07, 6.45) is 6.97. The number of nitrogens with zero attached hydrogens (tertiary/aromatic N) is 2. The Bertz CT molecular complexity index is 877. The predicted molar refractivity (Wildman–Crippen MR) is 124 cm³/mol. The van der Waals surface area contributed by atoms with Crippen molar-refractivity contribution < 1.29 is 13.2 Å². The summed E-state index contributed by atoms with van der Waals surface area (Å²) in [6.45, 7) is 8.46. The second-order valence-corrected chi connectivity index (χ2v) is 10.4. The summed E-state index contributed by atoms with van der Waals surface area (Å²) >= 11 is 0. The molecule has 0 saturated carbocycles. The number of piperidine rings is 1. The van der Waals surface area contributed by atoms with Gasteiger partial charge in [-0.05, 0) is 69.8 Å². The van der Waals surface area contributed by atoms with E-state index in [1.165, 1.54) is 25.9 Å². The number of carbonyl (C=O) groups excluding carboxylic acids is 1. The average Bonchev–Trinajstić information content (AvgIpc) is 3.02. The van der Waals surface area contributed by atoms with Gasteiger partial charge < -0.3 is 10.2 Å². The van der Waals surface area contributed by atoms with Crippen molar-refractivity contribution in [3.8, 4) is 0 Å². The zero-order chi connectivity index (χ0) is 22.3. The van der Waals surface area contributed by atoms with Crippen LogP contribution in [0.15, 0.2) is 34.2 Å². The quantitative estimate of drug-likeness (QED) is 0.539. The van der Waals surface area contributed by atoms with E-state index in [-0.39, 0.29) is 16.6 Å². The first-order chi connectivity index (χ1) is 14.9. The average molecular weight is 449 g/mol. The Morgan fingerprint density at radius 1 is 1.23 bits per heavy atom. The highest BCUT2D eigenvalue weighted by Crippen LogP contribution is 2.23. The molecule has 1 fully saturated rings. The highest BCUT2D eigenvalue weighted by Gasteiger charge is 2.31. The van der Waals surface area contributed by atoms with Crippen LogP contribution in [0.4, 0.5) is 0 Å². The molecular formula is C23H36N4O3S. The maximum absolute atomic E-state index is 12.8. The number of nitrogens with one attached hydrogen (secondary N) is 2. The number of amides is 1. The molecule has 1 saturated heterocycles. The van der Waals surface area contributed by atoms with Crippen molar-refractivity contribution in [2.75, 3.05) is 26.2 Å². The van der Waals surface area contributed by atoms with Crippen LogP contribution in [-0.2, 0) is 14.8 Å². The standard InChI is InChI=1S/C23H36N4O3S/c1-3-4-10-20(25-22-19-9-5-6-11-21(19)31(29,30)26-22)23(28)24-14-7-8-15-27-16-12-18(2)13-17-27/h5-6,9,11,18,20H,3-4,7-8,10,12-17H2,1-2H3,(H,24,28)(H,25,26)/t20-/m1/s1. The Balaban J connectivity index is 1.53. The van der Waals surface area contributed by atoms with Crippen molar-refractivity contribution in [3.63, 3.8) is 0 Å². The van der Waals surface area contributed by atoms with E-state index in [9.17, 15) is 13.2 Å². The Kier molecular flexibility index (Phi) is 8.49. The molecule has 2 aliphatic rings. The van der Waals surface area contributed by atoms with Gasteiger partial charge in [0.25, 0.3) is 10.0 Å². The van der Waals surface area contributed by atoms with E-state index in [2.05, 4.69) is 33.8 Å². The van der Waals surface area contributed by atoms with Crippen molar-refractivity contribution in [1.82, 2.24) is 14.9 Å². The molecule has 0 unspecified atom stereocenters. The second kappa shape index (κ2) is 11.1. The van der Waals surface area contributed by atoms with Gasteiger partial charge in [-0.2, -0.15) is 0 Å². The largest absolute Gasteiger partial charge is 0.354 e. The van der Waals surface area contributed by atoms with Crippen LogP contribution in [0.3, 0.4) is 0 Å². The zero-order valence-corrected chi connectivity index (χ0v) is 19.6. The van der Waals surface area contributed by atoms with Gasteiger partial charge in [-0.1, -0.05) is 38.8 Å². The number of hydrogen-bond acceptors (Lipinski definition) is 5. The molecule has 2 N–H and O–H groups in total. The lowest BCUT2D eigenvalue weighted by Crippen LogP contribution is -2.37.